The van der Waals surface area contributed by atoms with Crippen LogP contribution in [0.1, 0.15) is 78.6 Å². The second kappa shape index (κ2) is 11.6. The molecule has 2 atom stereocenters. The van der Waals surface area contributed by atoms with E-state index in [0.717, 1.165) is 12.3 Å². The van der Waals surface area contributed by atoms with Crippen molar-refractivity contribution < 1.29 is 9.53 Å². The third-order valence-corrected chi connectivity index (χ3v) is 3.76. The topological polar surface area (TPSA) is 26.3 Å². The van der Waals surface area contributed by atoms with Crippen LogP contribution in [0, 0.1) is 11.8 Å². The smallest absolute Gasteiger partial charge is 0.305 e. The van der Waals surface area contributed by atoms with Crippen molar-refractivity contribution in [3.8, 4) is 0 Å². The Labute approximate surface area is 113 Å². The second-order valence-electron chi connectivity index (χ2n) is 5.75. The first-order valence-electron chi connectivity index (χ1n) is 7.66. The lowest BCUT2D eigenvalue weighted by molar-refractivity contribution is -0.140. The molecule has 0 radical (unpaired) electrons. The van der Waals surface area contributed by atoms with Crippen molar-refractivity contribution >= 4 is 5.97 Å². The number of ether oxygens (including phenoxy) is 1. The van der Waals surface area contributed by atoms with Gasteiger partial charge in [0.15, 0.2) is 0 Å². The zero-order valence-corrected chi connectivity index (χ0v) is 12.8. The van der Waals surface area contributed by atoms with Crippen LogP contribution in [0.2, 0.25) is 0 Å². The van der Waals surface area contributed by atoms with Crippen molar-refractivity contribution in [1.29, 1.82) is 0 Å². The fraction of sp³-hybridized carbons (Fsp3) is 0.938. The molecule has 2 unspecified atom stereocenters. The standard InChI is InChI=1S/C16H32O2/c1-5-6-7-9-14(2)10-8-11-15(3)12-13-16(17)18-4/h14-15H,5-13H2,1-4H3. The van der Waals surface area contributed by atoms with Crippen LogP contribution < -0.4 is 0 Å². The summed E-state index contributed by atoms with van der Waals surface area (Å²) < 4.78 is 4.66. The number of unbranched alkanes of at least 4 members (excludes halogenated alkanes) is 2. The van der Waals surface area contributed by atoms with Gasteiger partial charge >= 0.3 is 5.97 Å². The molecule has 0 aromatic carbocycles. The van der Waals surface area contributed by atoms with Gasteiger partial charge in [-0.25, -0.2) is 0 Å². The molecule has 0 N–H and O–H groups in total. The molecule has 0 bridgehead atoms. The van der Waals surface area contributed by atoms with Gasteiger partial charge in [0.05, 0.1) is 7.11 Å². The predicted octanol–water partition coefficient (Wildman–Crippen LogP) is 4.96. The number of esters is 1. The Morgan fingerprint density at radius 1 is 0.944 bits per heavy atom. The summed E-state index contributed by atoms with van der Waals surface area (Å²) in [6, 6.07) is 0. The van der Waals surface area contributed by atoms with Crippen molar-refractivity contribution in [2.45, 2.75) is 78.6 Å². The third-order valence-electron chi connectivity index (χ3n) is 3.76. The molecule has 0 aromatic rings. The van der Waals surface area contributed by atoms with Gasteiger partial charge in [0.1, 0.15) is 0 Å². The average Bonchev–Trinajstić information content (AvgIpc) is 2.36. The summed E-state index contributed by atoms with van der Waals surface area (Å²) in [6.45, 7) is 6.87. The van der Waals surface area contributed by atoms with E-state index in [4.69, 9.17) is 0 Å². The van der Waals surface area contributed by atoms with Gasteiger partial charge in [-0.2, -0.15) is 0 Å². The van der Waals surface area contributed by atoms with Crippen LogP contribution in [0.15, 0.2) is 0 Å². The largest absolute Gasteiger partial charge is 0.469 e. The summed E-state index contributed by atoms with van der Waals surface area (Å²) >= 11 is 0. The molecule has 0 saturated carbocycles. The minimum Gasteiger partial charge on any atom is -0.469 e. The van der Waals surface area contributed by atoms with Crippen LogP contribution >= 0.6 is 0 Å². The van der Waals surface area contributed by atoms with Crippen LogP contribution in [0.3, 0.4) is 0 Å². The molecule has 0 saturated heterocycles. The summed E-state index contributed by atoms with van der Waals surface area (Å²) in [5.41, 5.74) is 0. The summed E-state index contributed by atoms with van der Waals surface area (Å²) in [5.74, 6) is 1.44. The van der Waals surface area contributed by atoms with E-state index in [1.807, 2.05) is 0 Å². The fourth-order valence-corrected chi connectivity index (χ4v) is 2.31. The Balaban J connectivity index is 3.43. The van der Waals surface area contributed by atoms with Crippen LogP contribution in [-0.4, -0.2) is 13.1 Å². The van der Waals surface area contributed by atoms with Crippen molar-refractivity contribution in [3.05, 3.63) is 0 Å². The maximum absolute atomic E-state index is 11.0. The number of hydrogen-bond donors (Lipinski definition) is 0. The van der Waals surface area contributed by atoms with E-state index in [1.165, 1.54) is 52.1 Å². The molecular formula is C16H32O2. The highest BCUT2D eigenvalue weighted by Crippen LogP contribution is 2.20. The van der Waals surface area contributed by atoms with Gasteiger partial charge in [0.2, 0.25) is 0 Å². The van der Waals surface area contributed by atoms with Crippen molar-refractivity contribution in [1.82, 2.24) is 0 Å². The maximum Gasteiger partial charge on any atom is 0.305 e. The minimum atomic E-state index is -0.0743. The highest BCUT2D eigenvalue weighted by molar-refractivity contribution is 5.69. The van der Waals surface area contributed by atoms with Crippen molar-refractivity contribution in [3.63, 3.8) is 0 Å². The van der Waals surface area contributed by atoms with Crippen LogP contribution in [0.5, 0.6) is 0 Å². The van der Waals surface area contributed by atoms with E-state index < -0.39 is 0 Å². The van der Waals surface area contributed by atoms with Crippen molar-refractivity contribution in [2.75, 3.05) is 7.11 Å². The molecule has 0 amide bonds. The number of rotatable bonds is 11. The molecular weight excluding hydrogens is 224 g/mol. The van der Waals surface area contributed by atoms with E-state index in [-0.39, 0.29) is 5.97 Å². The van der Waals surface area contributed by atoms with Crippen LogP contribution in [-0.2, 0) is 9.53 Å². The number of carbonyl (C=O) groups is 1. The molecule has 0 heterocycles. The zero-order valence-electron chi connectivity index (χ0n) is 12.8. The first-order valence-corrected chi connectivity index (χ1v) is 7.66. The molecule has 0 aliphatic rings. The Morgan fingerprint density at radius 2 is 1.50 bits per heavy atom. The number of carbonyl (C=O) groups excluding carboxylic acids is 1. The summed E-state index contributed by atoms with van der Waals surface area (Å²) in [5, 5.41) is 0. The monoisotopic (exact) mass is 256 g/mol. The molecule has 0 aliphatic carbocycles. The summed E-state index contributed by atoms with van der Waals surface area (Å²) in [4.78, 5) is 11.0. The molecule has 2 heteroatoms. The van der Waals surface area contributed by atoms with E-state index in [2.05, 4.69) is 25.5 Å². The van der Waals surface area contributed by atoms with E-state index in [0.29, 0.717) is 12.3 Å². The maximum atomic E-state index is 11.0. The fourth-order valence-electron chi connectivity index (χ4n) is 2.31. The lowest BCUT2D eigenvalue weighted by Gasteiger charge is -2.14. The van der Waals surface area contributed by atoms with Gasteiger partial charge < -0.3 is 4.74 Å². The summed E-state index contributed by atoms with van der Waals surface area (Å²) in [6.07, 6.45) is 10.9. The minimum absolute atomic E-state index is 0.0743. The van der Waals surface area contributed by atoms with Crippen LogP contribution in [0.4, 0.5) is 0 Å². The lowest BCUT2D eigenvalue weighted by atomic mass is 9.93. The van der Waals surface area contributed by atoms with E-state index in [1.54, 1.807) is 0 Å². The molecule has 0 rings (SSSR count). The Hall–Kier alpha value is -0.530. The normalized spacial score (nSPS) is 14.2. The van der Waals surface area contributed by atoms with Gasteiger partial charge in [-0.15, -0.1) is 0 Å². The molecule has 0 spiro atoms. The van der Waals surface area contributed by atoms with Gasteiger partial charge in [0, 0.05) is 6.42 Å². The van der Waals surface area contributed by atoms with Gasteiger partial charge in [-0.3, -0.25) is 4.79 Å². The quantitative estimate of drug-likeness (QED) is 0.385. The molecule has 2 nitrogen and oxygen atoms in total. The van der Waals surface area contributed by atoms with Gasteiger partial charge in [-0.1, -0.05) is 65.7 Å². The highest BCUT2D eigenvalue weighted by atomic mass is 16.5. The van der Waals surface area contributed by atoms with Gasteiger partial charge in [-0.05, 0) is 18.3 Å². The zero-order chi connectivity index (χ0) is 13.8. The number of methoxy groups -OCH3 is 1. The molecule has 0 aromatic heterocycles. The third kappa shape index (κ3) is 10.6. The lowest BCUT2D eigenvalue weighted by Crippen LogP contribution is -2.04. The SMILES string of the molecule is CCCCCC(C)CCCC(C)CCC(=O)OC. The predicted molar refractivity (Wildman–Crippen MR) is 77.6 cm³/mol. The highest BCUT2D eigenvalue weighted by Gasteiger charge is 2.08. The summed E-state index contributed by atoms with van der Waals surface area (Å²) in [7, 11) is 1.46. The molecule has 0 fully saturated rings. The number of hydrogen-bond acceptors (Lipinski definition) is 2. The van der Waals surface area contributed by atoms with Crippen molar-refractivity contribution in [2.24, 2.45) is 11.8 Å². The Kier molecular flexibility index (Phi) is 11.2. The average molecular weight is 256 g/mol. The van der Waals surface area contributed by atoms with Crippen LogP contribution in [0.25, 0.3) is 0 Å². The molecule has 18 heavy (non-hydrogen) atoms. The molecule has 108 valence electrons. The van der Waals surface area contributed by atoms with E-state index in [9.17, 15) is 4.79 Å². The molecule has 0 aliphatic heterocycles. The first-order chi connectivity index (χ1) is 8.60. The first kappa shape index (κ1) is 17.5. The Morgan fingerprint density at radius 3 is 2.06 bits per heavy atom. The van der Waals surface area contributed by atoms with Gasteiger partial charge in [0.25, 0.3) is 0 Å². The second-order valence-corrected chi connectivity index (χ2v) is 5.75. The van der Waals surface area contributed by atoms with E-state index >= 15 is 0 Å². The Bertz CT molecular complexity index is 201.